The predicted molar refractivity (Wildman–Crippen MR) is 81.6 cm³/mol. The Kier molecular flexibility index (Phi) is 5.99. The lowest BCUT2D eigenvalue weighted by atomic mass is 9.98. The second-order valence-corrected chi connectivity index (χ2v) is 5.38. The van der Waals surface area contributed by atoms with Crippen molar-refractivity contribution in [2.24, 2.45) is 0 Å². The molecular formula is C16H24N2O3. The van der Waals surface area contributed by atoms with Crippen LogP contribution in [0.3, 0.4) is 0 Å². The second kappa shape index (κ2) is 7.98. The van der Waals surface area contributed by atoms with Gasteiger partial charge in [-0.15, -0.1) is 0 Å². The van der Waals surface area contributed by atoms with E-state index in [-0.39, 0.29) is 5.97 Å². The first kappa shape index (κ1) is 15.8. The minimum atomic E-state index is -0.354. The Hall–Kier alpha value is -1.62. The third-order valence-corrected chi connectivity index (χ3v) is 3.81. The van der Waals surface area contributed by atoms with Gasteiger partial charge in [0.05, 0.1) is 31.1 Å². The van der Waals surface area contributed by atoms with Crippen LogP contribution in [0.15, 0.2) is 12.1 Å². The molecule has 5 heteroatoms. The molecule has 1 aliphatic carbocycles. The van der Waals surface area contributed by atoms with Gasteiger partial charge in [-0.25, -0.2) is 9.78 Å². The van der Waals surface area contributed by atoms with E-state index in [1.807, 2.05) is 0 Å². The zero-order valence-corrected chi connectivity index (χ0v) is 12.9. The number of hydrogen-bond acceptors (Lipinski definition) is 5. The standard InChI is InChI=1S/C16H24N2O3/c1-12-14(16(19)20-2)8-9-15(18-12)17-10-11-21-13-6-4-3-5-7-13/h8-9,13H,3-7,10-11H2,1-2H3,(H,17,18). The van der Waals surface area contributed by atoms with Gasteiger partial charge in [-0.3, -0.25) is 0 Å². The highest BCUT2D eigenvalue weighted by Gasteiger charge is 2.13. The monoisotopic (exact) mass is 292 g/mol. The van der Waals surface area contributed by atoms with Crippen LogP contribution in [0.4, 0.5) is 5.82 Å². The van der Waals surface area contributed by atoms with Crippen molar-refractivity contribution in [3.63, 3.8) is 0 Å². The lowest BCUT2D eigenvalue weighted by molar-refractivity contribution is 0.0347. The van der Waals surface area contributed by atoms with Crippen molar-refractivity contribution >= 4 is 11.8 Å². The molecule has 0 atom stereocenters. The molecule has 1 fully saturated rings. The smallest absolute Gasteiger partial charge is 0.339 e. The van der Waals surface area contributed by atoms with Crippen LogP contribution in [0.2, 0.25) is 0 Å². The molecule has 2 rings (SSSR count). The van der Waals surface area contributed by atoms with Crippen molar-refractivity contribution in [1.82, 2.24) is 4.98 Å². The maximum absolute atomic E-state index is 11.5. The van der Waals surface area contributed by atoms with Gasteiger partial charge >= 0.3 is 5.97 Å². The first-order valence-corrected chi connectivity index (χ1v) is 7.62. The number of aromatic nitrogens is 1. The summed E-state index contributed by atoms with van der Waals surface area (Å²) in [6.07, 6.45) is 6.71. The highest BCUT2D eigenvalue weighted by Crippen LogP contribution is 2.20. The van der Waals surface area contributed by atoms with E-state index in [1.54, 1.807) is 19.1 Å². The van der Waals surface area contributed by atoms with Gasteiger partial charge in [0.2, 0.25) is 0 Å². The number of aryl methyl sites for hydroxylation is 1. The number of pyridine rings is 1. The molecule has 1 N–H and O–H groups in total. The normalized spacial score (nSPS) is 15.7. The average Bonchev–Trinajstić information content (AvgIpc) is 2.52. The Labute approximate surface area is 126 Å². The summed E-state index contributed by atoms with van der Waals surface area (Å²) < 4.78 is 10.6. The molecule has 0 aromatic carbocycles. The third kappa shape index (κ3) is 4.70. The molecule has 1 aliphatic rings. The van der Waals surface area contributed by atoms with E-state index in [9.17, 15) is 4.79 Å². The molecule has 1 saturated carbocycles. The van der Waals surface area contributed by atoms with Gasteiger partial charge in [0.25, 0.3) is 0 Å². The van der Waals surface area contributed by atoms with Crippen molar-refractivity contribution in [1.29, 1.82) is 0 Å². The number of carbonyl (C=O) groups is 1. The number of nitrogens with one attached hydrogen (secondary N) is 1. The number of carbonyl (C=O) groups excluding carboxylic acids is 1. The Balaban J connectivity index is 1.75. The van der Waals surface area contributed by atoms with E-state index in [0.717, 1.165) is 12.4 Å². The van der Waals surface area contributed by atoms with Gasteiger partial charge in [-0.2, -0.15) is 0 Å². The van der Waals surface area contributed by atoms with E-state index in [0.29, 0.717) is 24.0 Å². The topological polar surface area (TPSA) is 60.5 Å². The molecule has 0 bridgehead atoms. The molecule has 0 aliphatic heterocycles. The number of hydrogen-bond donors (Lipinski definition) is 1. The van der Waals surface area contributed by atoms with Crippen LogP contribution in [0.25, 0.3) is 0 Å². The summed E-state index contributed by atoms with van der Waals surface area (Å²) in [7, 11) is 1.37. The maximum atomic E-state index is 11.5. The number of esters is 1. The van der Waals surface area contributed by atoms with Gasteiger partial charge < -0.3 is 14.8 Å². The first-order valence-electron chi connectivity index (χ1n) is 7.62. The molecule has 5 nitrogen and oxygen atoms in total. The molecule has 0 unspecified atom stereocenters. The number of nitrogens with zero attached hydrogens (tertiary/aromatic N) is 1. The lowest BCUT2D eigenvalue weighted by Gasteiger charge is -2.22. The second-order valence-electron chi connectivity index (χ2n) is 5.38. The fourth-order valence-corrected chi connectivity index (χ4v) is 2.62. The van der Waals surface area contributed by atoms with Gasteiger partial charge in [-0.05, 0) is 31.9 Å². The van der Waals surface area contributed by atoms with Gasteiger partial charge in [0, 0.05) is 6.54 Å². The Bertz CT molecular complexity index is 471. The van der Waals surface area contributed by atoms with Crippen LogP contribution in [0.5, 0.6) is 0 Å². The van der Waals surface area contributed by atoms with E-state index in [1.165, 1.54) is 39.2 Å². The Morgan fingerprint density at radius 1 is 1.33 bits per heavy atom. The minimum absolute atomic E-state index is 0.354. The molecule has 21 heavy (non-hydrogen) atoms. The summed E-state index contributed by atoms with van der Waals surface area (Å²) in [5, 5.41) is 3.22. The Morgan fingerprint density at radius 2 is 2.10 bits per heavy atom. The fourth-order valence-electron chi connectivity index (χ4n) is 2.62. The van der Waals surface area contributed by atoms with Gasteiger partial charge in [0.15, 0.2) is 0 Å². The molecule has 0 amide bonds. The van der Waals surface area contributed by atoms with Crippen LogP contribution in [0, 0.1) is 6.92 Å². The lowest BCUT2D eigenvalue weighted by Crippen LogP contribution is -2.20. The highest BCUT2D eigenvalue weighted by atomic mass is 16.5. The van der Waals surface area contributed by atoms with Crippen LogP contribution < -0.4 is 5.32 Å². The van der Waals surface area contributed by atoms with E-state index >= 15 is 0 Å². The average molecular weight is 292 g/mol. The number of ether oxygens (including phenoxy) is 2. The van der Waals surface area contributed by atoms with Crippen molar-refractivity contribution < 1.29 is 14.3 Å². The fraction of sp³-hybridized carbons (Fsp3) is 0.625. The summed E-state index contributed by atoms with van der Waals surface area (Å²) in [4.78, 5) is 15.8. The van der Waals surface area contributed by atoms with Crippen molar-refractivity contribution in [2.75, 3.05) is 25.6 Å². The summed E-state index contributed by atoms with van der Waals surface area (Å²) in [5.74, 6) is 0.402. The summed E-state index contributed by atoms with van der Waals surface area (Å²) in [5.41, 5.74) is 1.17. The largest absolute Gasteiger partial charge is 0.465 e. The third-order valence-electron chi connectivity index (χ3n) is 3.81. The minimum Gasteiger partial charge on any atom is -0.465 e. The van der Waals surface area contributed by atoms with Crippen molar-refractivity contribution in [3.05, 3.63) is 23.4 Å². The molecule has 0 radical (unpaired) electrons. The Morgan fingerprint density at radius 3 is 2.76 bits per heavy atom. The van der Waals surface area contributed by atoms with Crippen molar-refractivity contribution in [3.8, 4) is 0 Å². The molecule has 1 aromatic rings. The zero-order chi connectivity index (χ0) is 15.1. The molecule has 1 aromatic heterocycles. The molecule has 1 heterocycles. The summed E-state index contributed by atoms with van der Waals surface area (Å²) in [6.45, 7) is 3.21. The quantitative estimate of drug-likeness (QED) is 0.645. The predicted octanol–water partition coefficient (Wildman–Crippen LogP) is 2.94. The number of anilines is 1. The molecular weight excluding hydrogens is 268 g/mol. The highest BCUT2D eigenvalue weighted by molar-refractivity contribution is 5.90. The summed E-state index contributed by atoms with van der Waals surface area (Å²) >= 11 is 0. The molecule has 0 spiro atoms. The summed E-state index contributed by atoms with van der Waals surface area (Å²) in [6, 6.07) is 3.53. The van der Waals surface area contributed by atoms with Crippen LogP contribution in [-0.2, 0) is 9.47 Å². The SMILES string of the molecule is COC(=O)c1ccc(NCCOC2CCCCC2)nc1C. The van der Waals surface area contributed by atoms with Gasteiger partial charge in [0.1, 0.15) is 5.82 Å². The van der Waals surface area contributed by atoms with Crippen LogP contribution >= 0.6 is 0 Å². The van der Waals surface area contributed by atoms with Crippen LogP contribution in [-0.4, -0.2) is 37.3 Å². The first-order chi connectivity index (χ1) is 10.2. The van der Waals surface area contributed by atoms with E-state index < -0.39 is 0 Å². The van der Waals surface area contributed by atoms with Gasteiger partial charge in [-0.1, -0.05) is 19.3 Å². The number of methoxy groups -OCH3 is 1. The maximum Gasteiger partial charge on any atom is 0.339 e. The van der Waals surface area contributed by atoms with E-state index in [2.05, 4.69) is 10.3 Å². The zero-order valence-electron chi connectivity index (χ0n) is 12.9. The van der Waals surface area contributed by atoms with Crippen LogP contribution in [0.1, 0.15) is 48.2 Å². The molecule has 116 valence electrons. The molecule has 0 saturated heterocycles. The van der Waals surface area contributed by atoms with E-state index in [4.69, 9.17) is 9.47 Å². The van der Waals surface area contributed by atoms with Crippen molar-refractivity contribution in [2.45, 2.75) is 45.1 Å². The number of rotatable bonds is 6.